The van der Waals surface area contributed by atoms with Crippen LogP contribution in [0.5, 0.6) is 0 Å². The van der Waals surface area contributed by atoms with Crippen LogP contribution in [0.25, 0.3) is 0 Å². The summed E-state index contributed by atoms with van der Waals surface area (Å²) in [5.74, 6) is -0.444. The number of carbonyl (C=O) groups is 1. The third kappa shape index (κ3) is 4.48. The molecule has 0 bridgehead atoms. The van der Waals surface area contributed by atoms with E-state index in [1.165, 1.54) is 31.3 Å². The van der Waals surface area contributed by atoms with E-state index in [2.05, 4.69) is 5.32 Å². The number of hydrogen-bond acceptors (Lipinski definition) is 3. The molecule has 24 heavy (non-hydrogen) atoms. The first-order valence-corrected chi connectivity index (χ1v) is 9.17. The summed E-state index contributed by atoms with van der Waals surface area (Å²) in [5.41, 5.74) is 1.38. The number of halogens is 2. The molecule has 0 aliphatic carbocycles. The molecule has 0 saturated heterocycles. The lowest BCUT2D eigenvalue weighted by Crippen LogP contribution is -2.35. The van der Waals surface area contributed by atoms with Crippen LogP contribution in [0, 0.1) is 6.92 Å². The largest absolute Gasteiger partial charge is 0.325 e. The van der Waals surface area contributed by atoms with Crippen molar-refractivity contribution in [1.82, 2.24) is 4.31 Å². The Hall–Kier alpha value is -1.60. The molecule has 128 valence electrons. The van der Waals surface area contributed by atoms with E-state index in [-0.39, 0.29) is 11.4 Å². The summed E-state index contributed by atoms with van der Waals surface area (Å²) in [6.07, 6.45) is 0. The first kappa shape index (κ1) is 18.7. The second kappa shape index (κ2) is 7.53. The lowest BCUT2D eigenvalue weighted by molar-refractivity contribution is -0.116. The number of sulfonamides is 1. The SMILES string of the molecule is Cc1cc(Cl)ccc1NC(=O)CN(C)S(=O)(=O)c1ccc(Cl)cc1. The Balaban J connectivity index is 2.09. The summed E-state index contributed by atoms with van der Waals surface area (Å²) in [5, 5.41) is 3.68. The van der Waals surface area contributed by atoms with E-state index >= 15 is 0 Å². The van der Waals surface area contributed by atoms with Gasteiger partial charge in [0.05, 0.1) is 11.4 Å². The van der Waals surface area contributed by atoms with Crippen molar-refractivity contribution >= 4 is 44.8 Å². The highest BCUT2D eigenvalue weighted by atomic mass is 35.5. The van der Waals surface area contributed by atoms with Crippen LogP contribution in [-0.2, 0) is 14.8 Å². The summed E-state index contributed by atoms with van der Waals surface area (Å²) in [6.45, 7) is 1.49. The standard InChI is InChI=1S/C16H16Cl2N2O3S/c1-11-9-13(18)5-8-15(11)19-16(21)10-20(2)24(22,23)14-6-3-12(17)4-7-14/h3-9H,10H2,1-2H3,(H,19,21). The monoisotopic (exact) mass is 386 g/mol. The molecule has 1 N–H and O–H groups in total. The molecule has 2 aromatic rings. The van der Waals surface area contributed by atoms with Crippen molar-refractivity contribution in [1.29, 1.82) is 0 Å². The molecule has 0 aliphatic heterocycles. The Morgan fingerprint density at radius 1 is 1.08 bits per heavy atom. The minimum Gasteiger partial charge on any atom is -0.325 e. The molecule has 2 aromatic carbocycles. The molecule has 0 saturated carbocycles. The van der Waals surface area contributed by atoms with Crippen molar-refractivity contribution in [2.45, 2.75) is 11.8 Å². The number of nitrogens with one attached hydrogen (secondary N) is 1. The molecule has 2 rings (SSSR count). The molecule has 0 heterocycles. The predicted molar refractivity (Wildman–Crippen MR) is 96.1 cm³/mol. The smallest absolute Gasteiger partial charge is 0.243 e. The van der Waals surface area contributed by atoms with Gasteiger partial charge in [-0.15, -0.1) is 0 Å². The third-order valence-electron chi connectivity index (χ3n) is 3.35. The first-order valence-electron chi connectivity index (χ1n) is 6.98. The number of rotatable bonds is 5. The van der Waals surface area contributed by atoms with E-state index in [0.29, 0.717) is 15.7 Å². The van der Waals surface area contributed by atoms with Crippen molar-refractivity contribution in [3.05, 3.63) is 58.1 Å². The number of benzene rings is 2. The summed E-state index contributed by atoms with van der Waals surface area (Å²) in [7, 11) is -2.42. The van der Waals surface area contributed by atoms with Crippen LogP contribution >= 0.6 is 23.2 Å². The Morgan fingerprint density at radius 2 is 1.67 bits per heavy atom. The number of nitrogens with zero attached hydrogens (tertiary/aromatic N) is 1. The Morgan fingerprint density at radius 3 is 2.25 bits per heavy atom. The van der Waals surface area contributed by atoms with Crippen LogP contribution in [0.3, 0.4) is 0 Å². The van der Waals surface area contributed by atoms with E-state index in [4.69, 9.17) is 23.2 Å². The molecule has 0 radical (unpaired) electrons. The Bertz CT molecular complexity index is 852. The van der Waals surface area contributed by atoms with Gasteiger partial charge in [0.25, 0.3) is 0 Å². The molecule has 5 nitrogen and oxygen atoms in total. The van der Waals surface area contributed by atoms with Crippen LogP contribution in [0.15, 0.2) is 47.4 Å². The molecular weight excluding hydrogens is 371 g/mol. The Kier molecular flexibility index (Phi) is 5.87. The van der Waals surface area contributed by atoms with Crippen LogP contribution in [-0.4, -0.2) is 32.2 Å². The van der Waals surface area contributed by atoms with E-state index < -0.39 is 15.9 Å². The second-order valence-corrected chi connectivity index (χ2v) is 8.14. The minimum atomic E-state index is -3.77. The molecule has 0 fully saturated rings. The van der Waals surface area contributed by atoms with Gasteiger partial charge < -0.3 is 5.32 Å². The normalized spacial score (nSPS) is 11.5. The van der Waals surface area contributed by atoms with Crippen LogP contribution in [0.2, 0.25) is 10.0 Å². The van der Waals surface area contributed by atoms with Crippen LogP contribution in [0.1, 0.15) is 5.56 Å². The molecular formula is C16H16Cl2N2O3S. The van der Waals surface area contributed by atoms with Gasteiger partial charge in [-0.05, 0) is 55.0 Å². The fourth-order valence-electron chi connectivity index (χ4n) is 2.03. The summed E-state index contributed by atoms with van der Waals surface area (Å²) >= 11 is 11.6. The molecule has 1 amide bonds. The molecule has 0 aliphatic rings. The van der Waals surface area contributed by atoms with Crippen molar-refractivity contribution in [2.75, 3.05) is 18.9 Å². The van der Waals surface area contributed by atoms with Gasteiger partial charge in [-0.3, -0.25) is 4.79 Å². The minimum absolute atomic E-state index is 0.0740. The van der Waals surface area contributed by atoms with Gasteiger partial charge in [0.15, 0.2) is 0 Å². The van der Waals surface area contributed by atoms with E-state index in [1.807, 2.05) is 0 Å². The van der Waals surface area contributed by atoms with Gasteiger partial charge in [-0.1, -0.05) is 23.2 Å². The Labute approximate surface area is 151 Å². The topological polar surface area (TPSA) is 66.5 Å². The summed E-state index contributed by atoms with van der Waals surface area (Å²) in [6, 6.07) is 10.8. The fourth-order valence-corrected chi connectivity index (χ4v) is 3.51. The maximum atomic E-state index is 12.4. The van der Waals surface area contributed by atoms with Crippen molar-refractivity contribution in [3.63, 3.8) is 0 Å². The van der Waals surface area contributed by atoms with Crippen LogP contribution in [0.4, 0.5) is 5.69 Å². The van der Waals surface area contributed by atoms with Crippen molar-refractivity contribution < 1.29 is 13.2 Å². The highest BCUT2D eigenvalue weighted by Gasteiger charge is 2.23. The average molecular weight is 387 g/mol. The van der Waals surface area contributed by atoms with E-state index in [9.17, 15) is 13.2 Å². The van der Waals surface area contributed by atoms with Gasteiger partial charge in [-0.2, -0.15) is 4.31 Å². The summed E-state index contributed by atoms with van der Waals surface area (Å²) in [4.78, 5) is 12.2. The second-order valence-electron chi connectivity index (χ2n) is 5.22. The third-order valence-corrected chi connectivity index (χ3v) is 5.66. The van der Waals surface area contributed by atoms with Crippen molar-refractivity contribution in [3.8, 4) is 0 Å². The highest BCUT2D eigenvalue weighted by molar-refractivity contribution is 7.89. The maximum Gasteiger partial charge on any atom is 0.243 e. The molecule has 8 heteroatoms. The number of carbonyl (C=O) groups excluding carboxylic acids is 1. The van der Waals surface area contributed by atoms with Gasteiger partial charge in [0.2, 0.25) is 15.9 Å². The average Bonchev–Trinajstić information content (AvgIpc) is 2.50. The van der Waals surface area contributed by atoms with Gasteiger partial charge in [0.1, 0.15) is 0 Å². The number of hydrogen-bond donors (Lipinski definition) is 1. The molecule has 0 aromatic heterocycles. The van der Waals surface area contributed by atoms with Gasteiger partial charge in [-0.25, -0.2) is 8.42 Å². The van der Waals surface area contributed by atoms with Crippen molar-refractivity contribution in [2.24, 2.45) is 0 Å². The fraction of sp³-hybridized carbons (Fsp3) is 0.188. The first-order chi connectivity index (χ1) is 11.2. The molecule has 0 spiro atoms. The number of amides is 1. The van der Waals surface area contributed by atoms with E-state index in [1.54, 1.807) is 25.1 Å². The number of anilines is 1. The number of likely N-dealkylation sites (N-methyl/N-ethyl adjacent to an activating group) is 1. The highest BCUT2D eigenvalue weighted by Crippen LogP contribution is 2.20. The quantitative estimate of drug-likeness (QED) is 0.853. The number of aryl methyl sites for hydroxylation is 1. The van der Waals surface area contributed by atoms with Gasteiger partial charge >= 0.3 is 0 Å². The maximum absolute atomic E-state index is 12.4. The van der Waals surface area contributed by atoms with Crippen LogP contribution < -0.4 is 5.32 Å². The zero-order valence-electron chi connectivity index (χ0n) is 13.1. The lowest BCUT2D eigenvalue weighted by atomic mass is 10.2. The van der Waals surface area contributed by atoms with E-state index in [0.717, 1.165) is 9.87 Å². The predicted octanol–water partition coefficient (Wildman–Crippen LogP) is 3.56. The molecule has 0 unspecified atom stereocenters. The summed E-state index contributed by atoms with van der Waals surface area (Å²) < 4.78 is 25.8. The zero-order chi connectivity index (χ0) is 17.9. The van der Waals surface area contributed by atoms with Gasteiger partial charge in [0, 0.05) is 22.8 Å². The molecule has 0 atom stereocenters. The lowest BCUT2D eigenvalue weighted by Gasteiger charge is -2.17. The zero-order valence-corrected chi connectivity index (χ0v) is 15.4.